The summed E-state index contributed by atoms with van der Waals surface area (Å²) in [4.78, 5) is 17.6. The quantitative estimate of drug-likeness (QED) is 0.799. The molecule has 0 aliphatic carbocycles. The lowest BCUT2D eigenvalue weighted by Crippen LogP contribution is -2.46. The van der Waals surface area contributed by atoms with Crippen LogP contribution in [0.1, 0.15) is 45.7 Å². The Morgan fingerprint density at radius 1 is 1.14 bits per heavy atom. The average Bonchev–Trinajstić information content (AvgIpc) is 2.60. The molecule has 1 unspecified atom stereocenters. The summed E-state index contributed by atoms with van der Waals surface area (Å²) in [7, 11) is 1.40. The van der Waals surface area contributed by atoms with Crippen molar-refractivity contribution in [3.63, 3.8) is 0 Å². The predicted molar refractivity (Wildman–Crippen MR) is 81.5 cm³/mol. The van der Waals surface area contributed by atoms with Gasteiger partial charge in [-0.05, 0) is 45.7 Å². The SMILES string of the molecule is COC(=O)C(C)CON1C(C)(C)c2ccccc2C1(C)C. The monoisotopic (exact) mass is 291 g/mol. The van der Waals surface area contributed by atoms with Crippen LogP contribution >= 0.6 is 0 Å². The van der Waals surface area contributed by atoms with Gasteiger partial charge in [-0.15, -0.1) is 0 Å². The molecule has 0 fully saturated rings. The zero-order valence-electron chi connectivity index (χ0n) is 13.8. The van der Waals surface area contributed by atoms with Gasteiger partial charge in [0.15, 0.2) is 0 Å². The first kappa shape index (κ1) is 16.0. The van der Waals surface area contributed by atoms with Crippen molar-refractivity contribution in [2.45, 2.75) is 45.7 Å². The van der Waals surface area contributed by atoms with Crippen molar-refractivity contribution in [2.24, 2.45) is 5.92 Å². The van der Waals surface area contributed by atoms with Gasteiger partial charge in [0.2, 0.25) is 0 Å². The molecule has 0 N–H and O–H groups in total. The minimum atomic E-state index is -0.287. The van der Waals surface area contributed by atoms with Crippen molar-refractivity contribution < 1.29 is 14.4 Å². The standard InChI is InChI=1S/C17H25NO3/c1-12(15(19)20-6)11-21-18-16(2,3)13-9-7-8-10-14(13)17(18,4)5/h7-10,12H,11H2,1-6H3. The van der Waals surface area contributed by atoms with Gasteiger partial charge >= 0.3 is 5.97 Å². The van der Waals surface area contributed by atoms with E-state index in [1.165, 1.54) is 18.2 Å². The Balaban J connectivity index is 2.23. The molecule has 21 heavy (non-hydrogen) atoms. The van der Waals surface area contributed by atoms with Gasteiger partial charge in [-0.2, -0.15) is 5.06 Å². The third-order valence-electron chi connectivity index (χ3n) is 4.32. The van der Waals surface area contributed by atoms with Gasteiger partial charge in [-0.1, -0.05) is 24.3 Å². The maximum Gasteiger partial charge on any atom is 0.310 e. The molecule has 0 spiro atoms. The molecule has 1 heterocycles. The Labute approximate surface area is 127 Å². The fourth-order valence-electron chi connectivity index (χ4n) is 3.25. The Kier molecular flexibility index (Phi) is 4.13. The third kappa shape index (κ3) is 2.58. The Morgan fingerprint density at radius 3 is 2.05 bits per heavy atom. The van der Waals surface area contributed by atoms with Crippen LogP contribution in [0.3, 0.4) is 0 Å². The van der Waals surface area contributed by atoms with E-state index in [2.05, 4.69) is 52.0 Å². The summed E-state index contributed by atoms with van der Waals surface area (Å²) in [6.45, 7) is 10.7. The lowest BCUT2D eigenvalue weighted by molar-refractivity contribution is -0.266. The van der Waals surface area contributed by atoms with Gasteiger partial charge in [0.1, 0.15) is 0 Å². The van der Waals surface area contributed by atoms with Crippen molar-refractivity contribution >= 4 is 5.97 Å². The second-order valence-corrected chi connectivity index (χ2v) is 6.68. The van der Waals surface area contributed by atoms with Crippen LogP contribution in [-0.2, 0) is 25.4 Å². The number of carbonyl (C=O) groups is 1. The molecule has 1 aliphatic rings. The average molecular weight is 291 g/mol. The van der Waals surface area contributed by atoms with E-state index in [-0.39, 0.29) is 23.0 Å². The Morgan fingerprint density at radius 2 is 1.62 bits per heavy atom. The van der Waals surface area contributed by atoms with Crippen LogP contribution in [0.2, 0.25) is 0 Å². The zero-order valence-corrected chi connectivity index (χ0v) is 13.8. The molecule has 1 aromatic carbocycles. The molecule has 0 saturated heterocycles. The summed E-state index contributed by atoms with van der Waals surface area (Å²) in [5.41, 5.74) is 2.05. The summed E-state index contributed by atoms with van der Waals surface area (Å²) in [5.74, 6) is -0.535. The molecule has 0 amide bonds. The molecule has 0 radical (unpaired) electrons. The van der Waals surface area contributed by atoms with Crippen LogP contribution in [0.15, 0.2) is 24.3 Å². The van der Waals surface area contributed by atoms with Crippen LogP contribution in [0.4, 0.5) is 0 Å². The number of nitrogens with zero attached hydrogens (tertiary/aromatic N) is 1. The number of fused-ring (bicyclic) bond motifs is 1. The molecule has 1 aliphatic heterocycles. The first-order valence-corrected chi connectivity index (χ1v) is 7.34. The minimum absolute atomic E-state index is 0.240. The van der Waals surface area contributed by atoms with Crippen LogP contribution in [-0.4, -0.2) is 24.7 Å². The van der Waals surface area contributed by atoms with Crippen molar-refractivity contribution in [3.8, 4) is 0 Å². The van der Waals surface area contributed by atoms with Gasteiger partial charge in [0.25, 0.3) is 0 Å². The van der Waals surface area contributed by atoms with Crippen molar-refractivity contribution in [2.75, 3.05) is 13.7 Å². The number of rotatable bonds is 4. The van der Waals surface area contributed by atoms with Crippen LogP contribution < -0.4 is 0 Å². The highest BCUT2D eigenvalue weighted by Gasteiger charge is 2.50. The van der Waals surface area contributed by atoms with Gasteiger partial charge in [0.05, 0.1) is 30.7 Å². The van der Waals surface area contributed by atoms with Crippen LogP contribution in [0, 0.1) is 5.92 Å². The fraction of sp³-hybridized carbons (Fsp3) is 0.588. The number of hydrogen-bond acceptors (Lipinski definition) is 4. The van der Waals surface area contributed by atoms with E-state index >= 15 is 0 Å². The largest absolute Gasteiger partial charge is 0.469 e. The smallest absolute Gasteiger partial charge is 0.310 e. The summed E-state index contributed by atoms with van der Waals surface area (Å²) in [6, 6.07) is 8.39. The fourth-order valence-corrected chi connectivity index (χ4v) is 3.25. The van der Waals surface area contributed by atoms with Crippen molar-refractivity contribution in [3.05, 3.63) is 35.4 Å². The van der Waals surface area contributed by atoms with E-state index < -0.39 is 0 Å². The van der Waals surface area contributed by atoms with E-state index in [1.54, 1.807) is 0 Å². The number of methoxy groups -OCH3 is 1. The van der Waals surface area contributed by atoms with Gasteiger partial charge in [0, 0.05) is 0 Å². The van der Waals surface area contributed by atoms with E-state index in [1.807, 2.05) is 12.0 Å². The highest BCUT2D eigenvalue weighted by molar-refractivity contribution is 5.71. The topological polar surface area (TPSA) is 38.8 Å². The number of hydrogen-bond donors (Lipinski definition) is 0. The highest BCUT2D eigenvalue weighted by atomic mass is 16.7. The minimum Gasteiger partial charge on any atom is -0.469 e. The van der Waals surface area contributed by atoms with Crippen LogP contribution in [0.25, 0.3) is 0 Å². The molecule has 0 saturated carbocycles. The predicted octanol–water partition coefficient (Wildman–Crippen LogP) is 3.21. The zero-order chi connectivity index (χ0) is 15.8. The molecular weight excluding hydrogens is 266 g/mol. The summed E-state index contributed by atoms with van der Waals surface area (Å²) >= 11 is 0. The van der Waals surface area contributed by atoms with E-state index in [9.17, 15) is 4.79 Å². The Bertz CT molecular complexity index is 502. The van der Waals surface area contributed by atoms with E-state index in [4.69, 9.17) is 9.57 Å². The molecule has 1 atom stereocenters. The maximum atomic E-state index is 11.5. The lowest BCUT2D eigenvalue weighted by Gasteiger charge is -2.39. The maximum absolute atomic E-state index is 11.5. The lowest BCUT2D eigenvalue weighted by atomic mass is 9.91. The molecule has 4 heteroatoms. The summed E-state index contributed by atoms with van der Waals surface area (Å²) < 4.78 is 4.76. The van der Waals surface area contributed by atoms with E-state index in [0.29, 0.717) is 6.61 Å². The third-order valence-corrected chi connectivity index (χ3v) is 4.32. The molecule has 0 bridgehead atoms. The molecule has 116 valence electrons. The molecular formula is C17H25NO3. The number of ether oxygens (including phenoxy) is 1. The molecule has 4 nitrogen and oxygen atoms in total. The molecule has 0 aromatic heterocycles. The number of hydroxylamine groups is 2. The number of carbonyl (C=O) groups excluding carboxylic acids is 1. The van der Waals surface area contributed by atoms with Crippen LogP contribution in [0.5, 0.6) is 0 Å². The van der Waals surface area contributed by atoms with Crippen molar-refractivity contribution in [1.82, 2.24) is 5.06 Å². The number of esters is 1. The Hall–Kier alpha value is -1.39. The highest BCUT2D eigenvalue weighted by Crippen LogP contribution is 2.49. The summed E-state index contributed by atoms with van der Waals surface area (Å²) in [5, 5.41) is 2.00. The second-order valence-electron chi connectivity index (χ2n) is 6.68. The first-order chi connectivity index (χ1) is 9.72. The van der Waals surface area contributed by atoms with Crippen molar-refractivity contribution in [1.29, 1.82) is 0 Å². The van der Waals surface area contributed by atoms with Gasteiger partial charge in [-0.25, -0.2) is 0 Å². The second kappa shape index (κ2) is 5.43. The normalized spacial score (nSPS) is 20.9. The summed E-state index contributed by atoms with van der Waals surface area (Å²) in [6.07, 6.45) is 0. The molecule has 2 rings (SSSR count). The van der Waals surface area contributed by atoms with Gasteiger partial charge < -0.3 is 4.74 Å². The number of benzene rings is 1. The van der Waals surface area contributed by atoms with Gasteiger partial charge in [-0.3, -0.25) is 9.63 Å². The first-order valence-electron chi connectivity index (χ1n) is 7.34. The molecule has 1 aromatic rings. The van der Waals surface area contributed by atoms with E-state index in [0.717, 1.165) is 0 Å².